The summed E-state index contributed by atoms with van der Waals surface area (Å²) < 4.78 is 6.03. The molecule has 2 heterocycles. The molecule has 0 amide bonds. The summed E-state index contributed by atoms with van der Waals surface area (Å²) in [6.07, 6.45) is 1.13. The maximum Gasteiger partial charge on any atom is 0.0897 e. The van der Waals surface area contributed by atoms with Gasteiger partial charge < -0.3 is 9.84 Å². The molecule has 1 aliphatic rings. The Morgan fingerprint density at radius 2 is 2.17 bits per heavy atom. The highest BCUT2D eigenvalue weighted by molar-refractivity contribution is 7.09. The van der Waals surface area contributed by atoms with Gasteiger partial charge in [0.15, 0.2) is 0 Å². The third-order valence-electron chi connectivity index (χ3n) is 3.69. The Morgan fingerprint density at radius 1 is 1.50 bits per heavy atom. The van der Waals surface area contributed by atoms with Crippen LogP contribution in [0, 0.1) is 12.8 Å². The van der Waals surface area contributed by atoms with Crippen LogP contribution in [0.25, 0.3) is 0 Å². The number of thiazole rings is 1. The summed E-state index contributed by atoms with van der Waals surface area (Å²) in [4.78, 5) is 4.42. The first kappa shape index (κ1) is 14.0. The third-order valence-corrected chi connectivity index (χ3v) is 4.52. The molecule has 2 rings (SSSR count). The topological polar surface area (TPSA) is 42.4 Å². The van der Waals surface area contributed by atoms with Crippen LogP contribution in [0.4, 0.5) is 0 Å². The summed E-state index contributed by atoms with van der Waals surface area (Å²) in [5.41, 5.74) is 0.576. The lowest BCUT2D eigenvalue weighted by atomic mass is 9.81. The van der Waals surface area contributed by atoms with Gasteiger partial charge in [-0.2, -0.15) is 0 Å². The predicted molar refractivity (Wildman–Crippen MR) is 73.9 cm³/mol. The molecule has 2 unspecified atom stereocenters. The molecule has 1 aliphatic heterocycles. The van der Waals surface area contributed by atoms with Gasteiger partial charge in [-0.25, -0.2) is 4.98 Å². The van der Waals surface area contributed by atoms with Crippen molar-refractivity contribution >= 4 is 11.3 Å². The fourth-order valence-electron chi connectivity index (χ4n) is 3.06. The largest absolute Gasteiger partial charge is 0.392 e. The van der Waals surface area contributed by atoms with Crippen LogP contribution in [0.1, 0.15) is 44.8 Å². The first-order valence-corrected chi connectivity index (χ1v) is 7.37. The quantitative estimate of drug-likeness (QED) is 0.917. The lowest BCUT2D eigenvalue weighted by Gasteiger charge is -2.30. The zero-order chi connectivity index (χ0) is 13.6. The van der Waals surface area contributed by atoms with Crippen molar-refractivity contribution in [2.75, 3.05) is 0 Å². The number of hydrogen-bond acceptors (Lipinski definition) is 4. The molecule has 102 valence electrons. The summed E-state index contributed by atoms with van der Waals surface area (Å²) in [6, 6.07) is 0. The molecular weight excluding hydrogens is 246 g/mol. The number of aryl methyl sites for hydroxylation is 1. The highest BCUT2D eigenvalue weighted by Gasteiger charge is 2.48. The van der Waals surface area contributed by atoms with Crippen molar-refractivity contribution in [1.82, 2.24) is 4.98 Å². The number of nitrogens with zero attached hydrogens (tertiary/aromatic N) is 1. The van der Waals surface area contributed by atoms with E-state index in [0.29, 0.717) is 6.42 Å². The van der Waals surface area contributed by atoms with Crippen molar-refractivity contribution in [2.24, 2.45) is 5.92 Å². The molecule has 0 saturated carbocycles. The van der Waals surface area contributed by atoms with Gasteiger partial charge in [0.25, 0.3) is 0 Å². The van der Waals surface area contributed by atoms with Gasteiger partial charge in [0.1, 0.15) is 0 Å². The Kier molecular flexibility index (Phi) is 3.56. The molecule has 0 aromatic carbocycles. The molecule has 1 saturated heterocycles. The zero-order valence-corrected chi connectivity index (χ0v) is 12.7. The molecule has 1 aromatic heterocycles. The van der Waals surface area contributed by atoms with Gasteiger partial charge in [0, 0.05) is 17.7 Å². The van der Waals surface area contributed by atoms with Gasteiger partial charge >= 0.3 is 0 Å². The van der Waals surface area contributed by atoms with Crippen molar-refractivity contribution in [3.63, 3.8) is 0 Å². The van der Waals surface area contributed by atoms with Crippen molar-refractivity contribution in [1.29, 1.82) is 0 Å². The molecule has 0 bridgehead atoms. The SMILES string of the molecule is Cc1nc(CC(O)C2CC(C)(C)OC2(C)C)cs1. The van der Waals surface area contributed by atoms with Gasteiger partial charge in [-0.05, 0) is 41.0 Å². The van der Waals surface area contributed by atoms with E-state index in [0.717, 1.165) is 17.1 Å². The summed E-state index contributed by atoms with van der Waals surface area (Å²) in [5.74, 6) is 0.162. The van der Waals surface area contributed by atoms with Crippen LogP contribution in [0.15, 0.2) is 5.38 Å². The minimum absolute atomic E-state index is 0.146. The summed E-state index contributed by atoms with van der Waals surface area (Å²) in [6.45, 7) is 10.3. The van der Waals surface area contributed by atoms with E-state index in [2.05, 4.69) is 32.7 Å². The Hall–Kier alpha value is -0.450. The predicted octanol–water partition coefficient (Wildman–Crippen LogP) is 2.95. The van der Waals surface area contributed by atoms with Gasteiger partial charge in [0.05, 0.1) is 28.0 Å². The second-order valence-corrected chi connectivity index (χ2v) is 7.47. The Morgan fingerprint density at radius 3 is 2.61 bits per heavy atom. The average molecular weight is 269 g/mol. The molecule has 0 aliphatic carbocycles. The van der Waals surface area contributed by atoms with Crippen LogP contribution in [0.3, 0.4) is 0 Å². The molecule has 0 radical (unpaired) electrons. The molecule has 18 heavy (non-hydrogen) atoms. The van der Waals surface area contributed by atoms with E-state index in [-0.39, 0.29) is 23.2 Å². The minimum atomic E-state index is -0.386. The first-order valence-electron chi connectivity index (χ1n) is 6.49. The monoisotopic (exact) mass is 269 g/mol. The Bertz CT molecular complexity index is 425. The normalized spacial score (nSPS) is 27.3. The summed E-state index contributed by atoms with van der Waals surface area (Å²) in [7, 11) is 0. The number of aromatic nitrogens is 1. The first-order chi connectivity index (χ1) is 8.20. The smallest absolute Gasteiger partial charge is 0.0897 e. The third kappa shape index (κ3) is 2.92. The molecule has 3 nitrogen and oxygen atoms in total. The number of rotatable bonds is 3. The fourth-order valence-corrected chi connectivity index (χ4v) is 3.69. The van der Waals surface area contributed by atoms with Crippen molar-refractivity contribution < 1.29 is 9.84 Å². The minimum Gasteiger partial charge on any atom is -0.392 e. The number of hydrogen-bond donors (Lipinski definition) is 1. The van der Waals surface area contributed by atoms with E-state index in [1.807, 2.05) is 12.3 Å². The van der Waals surface area contributed by atoms with E-state index in [1.165, 1.54) is 0 Å². The zero-order valence-electron chi connectivity index (χ0n) is 11.9. The lowest BCUT2D eigenvalue weighted by Crippen LogP contribution is -2.37. The van der Waals surface area contributed by atoms with Crippen LogP contribution in [-0.2, 0) is 11.2 Å². The van der Waals surface area contributed by atoms with E-state index < -0.39 is 0 Å². The maximum absolute atomic E-state index is 10.5. The van der Waals surface area contributed by atoms with E-state index in [9.17, 15) is 5.11 Å². The molecule has 1 fully saturated rings. The number of aliphatic hydroxyl groups excluding tert-OH is 1. The molecule has 2 atom stereocenters. The van der Waals surface area contributed by atoms with Crippen molar-refractivity contribution in [3.8, 4) is 0 Å². The van der Waals surface area contributed by atoms with Crippen LogP contribution in [0.5, 0.6) is 0 Å². The highest BCUT2D eigenvalue weighted by Crippen LogP contribution is 2.44. The van der Waals surface area contributed by atoms with Gasteiger partial charge in [-0.3, -0.25) is 0 Å². The second-order valence-electron chi connectivity index (χ2n) is 6.41. The van der Waals surface area contributed by atoms with Crippen molar-refractivity contribution in [3.05, 3.63) is 16.1 Å². The highest BCUT2D eigenvalue weighted by atomic mass is 32.1. The standard InChI is InChI=1S/C14H23NO2S/c1-9-15-10(8-18-9)6-12(16)11-7-13(2,3)17-14(11,4)5/h8,11-12,16H,6-7H2,1-5H3. The number of ether oxygens (including phenoxy) is 1. The molecule has 1 aromatic rings. The van der Waals surface area contributed by atoms with Crippen LogP contribution >= 0.6 is 11.3 Å². The van der Waals surface area contributed by atoms with Crippen molar-refractivity contribution in [2.45, 2.75) is 64.8 Å². The average Bonchev–Trinajstić information content (AvgIpc) is 2.67. The summed E-state index contributed by atoms with van der Waals surface area (Å²) >= 11 is 1.64. The van der Waals surface area contributed by atoms with Crippen LogP contribution < -0.4 is 0 Å². The Labute approximate surface area is 113 Å². The fraction of sp³-hybridized carbons (Fsp3) is 0.786. The van der Waals surface area contributed by atoms with Gasteiger partial charge in [0.2, 0.25) is 0 Å². The molecule has 4 heteroatoms. The molecule has 0 spiro atoms. The molecular formula is C14H23NO2S. The second kappa shape index (κ2) is 4.58. The summed E-state index contributed by atoms with van der Waals surface area (Å²) in [5, 5.41) is 13.6. The Balaban J connectivity index is 2.07. The molecule has 1 N–H and O–H groups in total. The van der Waals surface area contributed by atoms with E-state index in [4.69, 9.17) is 4.74 Å². The number of aliphatic hydroxyl groups is 1. The van der Waals surface area contributed by atoms with Gasteiger partial charge in [-0.1, -0.05) is 0 Å². The lowest BCUT2D eigenvalue weighted by molar-refractivity contribution is -0.0873. The maximum atomic E-state index is 10.5. The van der Waals surface area contributed by atoms with Gasteiger partial charge in [-0.15, -0.1) is 11.3 Å². The van der Waals surface area contributed by atoms with Crippen LogP contribution in [0.2, 0.25) is 0 Å². The van der Waals surface area contributed by atoms with E-state index >= 15 is 0 Å². The van der Waals surface area contributed by atoms with E-state index in [1.54, 1.807) is 11.3 Å². The van der Waals surface area contributed by atoms with Crippen LogP contribution in [-0.4, -0.2) is 27.4 Å².